The maximum Gasteiger partial charge on any atom is 0.306 e. The van der Waals surface area contributed by atoms with Crippen molar-refractivity contribution in [3.8, 4) is 0 Å². The summed E-state index contributed by atoms with van der Waals surface area (Å²) in [5, 5.41) is 48.8. The van der Waals surface area contributed by atoms with Gasteiger partial charge in [-0.05, 0) is 25.7 Å². The average Bonchev–Trinajstić information content (AvgIpc) is 2.44. The number of aliphatic hydroxyl groups excluding tert-OH is 3. The van der Waals surface area contributed by atoms with Crippen molar-refractivity contribution in [2.45, 2.75) is 45.4 Å². The molecule has 0 aromatic carbocycles. The summed E-state index contributed by atoms with van der Waals surface area (Å²) in [5.74, 6) is -1.24. The van der Waals surface area contributed by atoms with Gasteiger partial charge in [0.1, 0.15) is 0 Å². The Labute approximate surface area is 146 Å². The van der Waals surface area contributed by atoms with Gasteiger partial charge < -0.3 is 30.6 Å². The van der Waals surface area contributed by atoms with E-state index in [4.69, 9.17) is 35.4 Å². The maximum absolute atomic E-state index is 9.98. The molecule has 0 heterocycles. The largest absolute Gasteiger partial charge is 0.483 e. The average molecular weight is 366 g/mol. The number of aliphatic hydroxyl groups is 3. The lowest BCUT2D eigenvalue weighted by Crippen LogP contribution is -2.29. The lowest BCUT2D eigenvalue weighted by atomic mass is 9.86. The topological polar surface area (TPSA) is 173 Å². The highest BCUT2D eigenvalue weighted by Crippen LogP contribution is 2.26. The van der Waals surface area contributed by atoms with E-state index < -0.39 is 17.4 Å². The van der Waals surface area contributed by atoms with Gasteiger partial charge in [0.25, 0.3) is 6.47 Å². The standard InChI is InChI=1S/C5H12O3.2C5H8O2.CH2O2/c1-5(2-6,3-7)4-8;2*6-5(7)4-2-1-3-4;2-1-3/h6-8H,2-4H2,1H3;2*4H,1-3H2,(H,6,7);1H,(H,2,3). The minimum Gasteiger partial charge on any atom is -0.483 e. The molecule has 148 valence electrons. The monoisotopic (exact) mass is 366 g/mol. The summed E-state index contributed by atoms with van der Waals surface area (Å²) in [6.45, 7) is 0.812. The minimum absolute atomic E-state index is 0.000000000000000444. The number of carboxylic acids is 2. The molecule has 0 saturated heterocycles. The van der Waals surface area contributed by atoms with E-state index in [1.165, 1.54) is 0 Å². The molecule has 0 unspecified atom stereocenters. The fourth-order valence-corrected chi connectivity index (χ4v) is 1.46. The molecule has 2 aliphatic carbocycles. The first-order valence-electron chi connectivity index (χ1n) is 8.07. The van der Waals surface area contributed by atoms with Crippen molar-refractivity contribution in [2.24, 2.45) is 17.3 Å². The molecule has 0 atom stereocenters. The molecule has 25 heavy (non-hydrogen) atoms. The summed E-state index contributed by atoms with van der Waals surface area (Å²) in [4.78, 5) is 28.3. The Balaban J connectivity index is 0. The molecule has 0 aromatic heterocycles. The summed E-state index contributed by atoms with van der Waals surface area (Å²) >= 11 is 0. The van der Waals surface area contributed by atoms with Crippen molar-refractivity contribution >= 4 is 18.4 Å². The van der Waals surface area contributed by atoms with Crippen LogP contribution in [-0.2, 0) is 14.4 Å². The van der Waals surface area contributed by atoms with Gasteiger partial charge in [-0.2, -0.15) is 0 Å². The van der Waals surface area contributed by atoms with E-state index >= 15 is 0 Å². The summed E-state index contributed by atoms with van der Waals surface area (Å²) in [6, 6.07) is 0. The Bertz CT molecular complexity index is 340. The number of aliphatic carboxylic acids is 2. The molecule has 2 fully saturated rings. The Hall–Kier alpha value is -1.71. The van der Waals surface area contributed by atoms with Gasteiger partial charge in [-0.25, -0.2) is 0 Å². The molecular formula is C16H30O9. The zero-order valence-electron chi connectivity index (χ0n) is 14.5. The highest BCUT2D eigenvalue weighted by atomic mass is 16.4. The lowest BCUT2D eigenvalue weighted by Gasteiger charge is -2.20. The second-order valence-electron chi connectivity index (χ2n) is 6.32. The molecular weight excluding hydrogens is 336 g/mol. The van der Waals surface area contributed by atoms with Crippen LogP contribution in [0.3, 0.4) is 0 Å². The van der Waals surface area contributed by atoms with E-state index in [9.17, 15) is 9.59 Å². The van der Waals surface area contributed by atoms with Crippen LogP contribution in [-0.4, -0.2) is 68.9 Å². The molecule has 9 heteroatoms. The predicted octanol–water partition coefficient (Wildman–Crippen LogP) is 0.413. The van der Waals surface area contributed by atoms with Crippen LogP contribution in [0.25, 0.3) is 0 Å². The van der Waals surface area contributed by atoms with Gasteiger partial charge in [-0.15, -0.1) is 0 Å². The molecule has 2 aliphatic rings. The van der Waals surface area contributed by atoms with Crippen LogP contribution < -0.4 is 0 Å². The summed E-state index contributed by atoms with van der Waals surface area (Å²) in [7, 11) is 0. The highest BCUT2D eigenvalue weighted by Gasteiger charge is 2.24. The fraction of sp³-hybridized carbons (Fsp3) is 0.812. The SMILES string of the molecule is CC(CO)(CO)CO.O=C(O)C1CCC1.O=C(O)C1CCC1.O=CO. The van der Waals surface area contributed by atoms with Crippen LogP contribution in [0.4, 0.5) is 0 Å². The Morgan fingerprint density at radius 3 is 1.12 bits per heavy atom. The molecule has 0 amide bonds. The van der Waals surface area contributed by atoms with Crippen molar-refractivity contribution in [1.82, 2.24) is 0 Å². The third kappa shape index (κ3) is 12.3. The van der Waals surface area contributed by atoms with Crippen molar-refractivity contribution in [3.05, 3.63) is 0 Å². The third-order valence-corrected chi connectivity index (χ3v) is 4.05. The van der Waals surface area contributed by atoms with Gasteiger partial charge in [0.15, 0.2) is 0 Å². The molecule has 0 bridgehead atoms. The van der Waals surface area contributed by atoms with Gasteiger partial charge in [-0.1, -0.05) is 19.8 Å². The second-order valence-corrected chi connectivity index (χ2v) is 6.32. The first-order valence-corrected chi connectivity index (χ1v) is 8.07. The normalized spacial score (nSPS) is 16.2. The number of carboxylic acid groups (broad SMARTS) is 3. The van der Waals surface area contributed by atoms with E-state index in [-0.39, 0.29) is 38.1 Å². The van der Waals surface area contributed by atoms with Crippen molar-refractivity contribution in [3.63, 3.8) is 0 Å². The Morgan fingerprint density at radius 1 is 0.880 bits per heavy atom. The molecule has 9 nitrogen and oxygen atoms in total. The van der Waals surface area contributed by atoms with Crippen molar-refractivity contribution in [2.75, 3.05) is 19.8 Å². The van der Waals surface area contributed by atoms with Gasteiger partial charge in [-0.3, -0.25) is 14.4 Å². The first kappa shape index (κ1) is 25.5. The quantitative estimate of drug-likeness (QED) is 0.377. The van der Waals surface area contributed by atoms with Crippen LogP contribution in [0, 0.1) is 17.3 Å². The minimum atomic E-state index is -0.708. The first-order chi connectivity index (χ1) is 11.7. The van der Waals surface area contributed by atoms with Gasteiger partial charge in [0.2, 0.25) is 0 Å². The van der Waals surface area contributed by atoms with Crippen LogP contribution in [0.15, 0.2) is 0 Å². The van der Waals surface area contributed by atoms with E-state index in [2.05, 4.69) is 0 Å². The zero-order chi connectivity index (χ0) is 19.9. The summed E-state index contributed by atoms with van der Waals surface area (Å²) in [6.07, 6.45) is 5.81. The smallest absolute Gasteiger partial charge is 0.306 e. The van der Waals surface area contributed by atoms with Crippen LogP contribution in [0.1, 0.15) is 45.4 Å². The second kappa shape index (κ2) is 14.6. The number of rotatable bonds is 5. The van der Waals surface area contributed by atoms with Crippen LogP contribution in [0.2, 0.25) is 0 Å². The van der Waals surface area contributed by atoms with Crippen molar-refractivity contribution < 1.29 is 45.0 Å². The molecule has 0 radical (unpaired) electrons. The third-order valence-electron chi connectivity index (χ3n) is 4.05. The van der Waals surface area contributed by atoms with Gasteiger partial charge in [0, 0.05) is 5.41 Å². The highest BCUT2D eigenvalue weighted by molar-refractivity contribution is 5.71. The van der Waals surface area contributed by atoms with E-state index in [1.807, 2.05) is 0 Å². The number of hydrogen-bond acceptors (Lipinski definition) is 6. The van der Waals surface area contributed by atoms with Crippen LogP contribution >= 0.6 is 0 Å². The lowest BCUT2D eigenvalue weighted by molar-refractivity contribution is -0.145. The molecule has 2 saturated carbocycles. The Kier molecular flexibility index (Phi) is 14.9. The molecule has 6 N–H and O–H groups in total. The van der Waals surface area contributed by atoms with E-state index in [0.717, 1.165) is 38.5 Å². The summed E-state index contributed by atoms with van der Waals surface area (Å²) < 4.78 is 0. The molecule has 0 spiro atoms. The number of hydrogen-bond donors (Lipinski definition) is 6. The van der Waals surface area contributed by atoms with Gasteiger partial charge >= 0.3 is 11.9 Å². The molecule has 2 rings (SSSR count). The molecule has 0 aliphatic heterocycles. The van der Waals surface area contributed by atoms with Crippen LogP contribution in [0.5, 0.6) is 0 Å². The maximum atomic E-state index is 9.98. The van der Waals surface area contributed by atoms with Crippen molar-refractivity contribution in [1.29, 1.82) is 0 Å². The number of carbonyl (C=O) groups is 3. The Morgan fingerprint density at radius 2 is 1.12 bits per heavy atom. The zero-order valence-corrected chi connectivity index (χ0v) is 14.5. The predicted molar refractivity (Wildman–Crippen MR) is 88.0 cm³/mol. The summed E-state index contributed by atoms with van der Waals surface area (Å²) in [5.41, 5.74) is -0.708. The van der Waals surface area contributed by atoms with E-state index in [1.54, 1.807) is 6.92 Å². The van der Waals surface area contributed by atoms with E-state index in [0.29, 0.717) is 0 Å². The molecule has 0 aromatic rings. The fourth-order valence-electron chi connectivity index (χ4n) is 1.46. The van der Waals surface area contributed by atoms with Gasteiger partial charge in [0.05, 0.1) is 31.7 Å².